The minimum atomic E-state index is -0.171. The lowest BCUT2D eigenvalue weighted by molar-refractivity contribution is 0.131. The van der Waals surface area contributed by atoms with E-state index in [0.717, 1.165) is 78.7 Å². The zero-order valence-electron chi connectivity index (χ0n) is 19.7. The quantitative estimate of drug-likeness (QED) is 0.432. The summed E-state index contributed by atoms with van der Waals surface area (Å²) in [6.07, 6.45) is 1.90. The monoisotopic (exact) mass is 574 g/mol. The molecule has 5 rings (SSSR count). The van der Waals surface area contributed by atoms with Gasteiger partial charge in [0.2, 0.25) is 0 Å². The molecular weight excluding hydrogens is 543 g/mol. The highest BCUT2D eigenvalue weighted by atomic mass is 79.9. The Bertz CT molecular complexity index is 984. The van der Waals surface area contributed by atoms with Crippen molar-refractivity contribution in [3.05, 3.63) is 40.4 Å². The molecule has 0 atom stereocenters. The van der Waals surface area contributed by atoms with E-state index < -0.39 is 0 Å². The second kappa shape index (κ2) is 11.5. The molecule has 9 heteroatoms. The molecule has 34 heavy (non-hydrogen) atoms. The van der Waals surface area contributed by atoms with Crippen molar-refractivity contribution in [3.63, 3.8) is 0 Å². The van der Waals surface area contributed by atoms with Gasteiger partial charge in [0.05, 0.1) is 12.3 Å². The number of piperazine rings is 1. The van der Waals surface area contributed by atoms with Gasteiger partial charge in [-0.3, -0.25) is 4.90 Å². The maximum absolute atomic E-state index is 6.14. The van der Waals surface area contributed by atoms with Crippen LogP contribution in [0.5, 0.6) is 23.0 Å². The fourth-order valence-electron chi connectivity index (χ4n) is 4.74. The van der Waals surface area contributed by atoms with E-state index in [1.165, 1.54) is 5.56 Å². The second-order valence-electron chi connectivity index (χ2n) is 9.26. The molecule has 0 N–H and O–H groups in total. The molecule has 6 nitrogen and oxygen atoms in total. The highest BCUT2D eigenvalue weighted by molar-refractivity contribution is 9.10. The summed E-state index contributed by atoms with van der Waals surface area (Å²) in [5.74, 6) is 3.51. The van der Waals surface area contributed by atoms with Crippen LogP contribution in [0.1, 0.15) is 25.8 Å². The second-order valence-corrected chi connectivity index (χ2v) is 10.2. The summed E-state index contributed by atoms with van der Waals surface area (Å²) in [4.78, 5) is 4.92. The molecular formula is C25H33BrCl2N2O4. The van der Waals surface area contributed by atoms with Gasteiger partial charge in [-0.1, -0.05) is 22.0 Å². The number of para-hydroxylation sites is 1. The molecule has 0 unspecified atom stereocenters. The molecule has 2 aromatic rings. The van der Waals surface area contributed by atoms with Crippen LogP contribution < -0.4 is 23.8 Å². The minimum Gasteiger partial charge on any atom is -0.490 e. The van der Waals surface area contributed by atoms with Crippen LogP contribution in [0.25, 0.3) is 0 Å². The van der Waals surface area contributed by atoms with Crippen molar-refractivity contribution in [2.24, 2.45) is 0 Å². The van der Waals surface area contributed by atoms with E-state index in [-0.39, 0.29) is 30.4 Å². The molecule has 0 saturated carbocycles. The van der Waals surface area contributed by atoms with E-state index >= 15 is 0 Å². The third-order valence-electron chi connectivity index (χ3n) is 6.23. The number of nitrogens with zero attached hydrogens (tertiary/aromatic N) is 2. The van der Waals surface area contributed by atoms with Crippen molar-refractivity contribution >= 4 is 46.4 Å². The first-order valence-electron chi connectivity index (χ1n) is 11.5. The molecule has 0 radical (unpaired) electrons. The Kier molecular flexibility index (Phi) is 9.12. The van der Waals surface area contributed by atoms with E-state index in [0.29, 0.717) is 19.8 Å². The van der Waals surface area contributed by atoms with E-state index in [2.05, 4.69) is 57.8 Å². The lowest BCUT2D eigenvalue weighted by Crippen LogP contribution is -2.47. The van der Waals surface area contributed by atoms with Gasteiger partial charge in [0.25, 0.3) is 0 Å². The number of halogens is 3. The molecule has 1 saturated heterocycles. The first kappa shape index (κ1) is 27.1. The molecule has 0 aliphatic carbocycles. The molecule has 0 aromatic heterocycles. The topological polar surface area (TPSA) is 43.4 Å². The first-order valence-corrected chi connectivity index (χ1v) is 12.3. The number of hydrogen-bond acceptors (Lipinski definition) is 6. The number of anilines is 1. The highest BCUT2D eigenvalue weighted by Gasteiger charge is 2.33. The van der Waals surface area contributed by atoms with Crippen molar-refractivity contribution in [1.29, 1.82) is 0 Å². The Balaban J connectivity index is 0.00000162. The molecule has 2 aromatic carbocycles. The number of hydrogen-bond donors (Lipinski definition) is 0. The third-order valence-corrected chi connectivity index (χ3v) is 6.68. The summed E-state index contributed by atoms with van der Waals surface area (Å²) in [5, 5.41) is 0. The van der Waals surface area contributed by atoms with Crippen LogP contribution in [0.2, 0.25) is 0 Å². The van der Waals surface area contributed by atoms with Gasteiger partial charge < -0.3 is 23.8 Å². The molecule has 3 aliphatic heterocycles. The Labute approximate surface area is 222 Å². The van der Waals surface area contributed by atoms with E-state index in [4.69, 9.17) is 18.9 Å². The van der Waals surface area contributed by atoms with Crippen LogP contribution in [0.15, 0.2) is 34.8 Å². The van der Waals surface area contributed by atoms with Gasteiger partial charge in [-0.25, -0.2) is 0 Å². The van der Waals surface area contributed by atoms with Crippen molar-refractivity contribution in [3.8, 4) is 23.0 Å². The van der Waals surface area contributed by atoms with Gasteiger partial charge in [0, 0.05) is 49.2 Å². The maximum atomic E-state index is 6.14. The zero-order valence-corrected chi connectivity index (χ0v) is 22.9. The number of rotatable bonds is 6. The van der Waals surface area contributed by atoms with Crippen molar-refractivity contribution in [2.75, 3.05) is 57.4 Å². The Morgan fingerprint density at radius 3 is 2.56 bits per heavy atom. The standard InChI is InChI=1S/C25H31BrN2O4.2ClH/c1-25(2)17-18-15-19(26)16-22(23(18)32-25)29-12-4-7-27-8-10-28(11-9-27)20-5-3-6-21-24(20)31-14-13-30-21;;/h3,5-6,15-16H,4,7-14,17H2,1-2H3;2*1H. The average Bonchev–Trinajstić information content (AvgIpc) is 3.10. The molecule has 3 heterocycles. The summed E-state index contributed by atoms with van der Waals surface area (Å²) in [6, 6.07) is 10.3. The summed E-state index contributed by atoms with van der Waals surface area (Å²) >= 11 is 3.61. The maximum Gasteiger partial charge on any atom is 0.184 e. The predicted octanol–water partition coefficient (Wildman–Crippen LogP) is 5.37. The van der Waals surface area contributed by atoms with Crippen LogP contribution in [-0.4, -0.2) is 63.0 Å². The van der Waals surface area contributed by atoms with Crippen LogP contribution in [0, 0.1) is 0 Å². The zero-order chi connectivity index (χ0) is 22.1. The molecule has 188 valence electrons. The van der Waals surface area contributed by atoms with E-state index in [1.54, 1.807) is 0 Å². The van der Waals surface area contributed by atoms with Gasteiger partial charge in [-0.15, -0.1) is 24.8 Å². The normalized spacial score (nSPS) is 18.3. The van der Waals surface area contributed by atoms with Crippen LogP contribution >= 0.6 is 40.7 Å². The summed E-state index contributed by atoms with van der Waals surface area (Å²) < 4.78 is 25.0. The summed E-state index contributed by atoms with van der Waals surface area (Å²) in [7, 11) is 0. The SMILES string of the molecule is CC1(C)Cc2cc(Br)cc(OCCCN3CCN(c4cccc5c4OCCO5)CC3)c2O1.Cl.Cl. The first-order chi connectivity index (χ1) is 15.5. The largest absolute Gasteiger partial charge is 0.490 e. The van der Waals surface area contributed by atoms with Crippen molar-refractivity contribution in [1.82, 2.24) is 4.90 Å². The number of benzene rings is 2. The van der Waals surface area contributed by atoms with Gasteiger partial charge in [0.1, 0.15) is 18.8 Å². The molecule has 0 bridgehead atoms. The fourth-order valence-corrected chi connectivity index (χ4v) is 5.22. The van der Waals surface area contributed by atoms with Gasteiger partial charge in [-0.05, 0) is 44.5 Å². The van der Waals surface area contributed by atoms with Crippen molar-refractivity contribution < 1.29 is 18.9 Å². The molecule has 1 fully saturated rings. The van der Waals surface area contributed by atoms with Crippen molar-refractivity contribution in [2.45, 2.75) is 32.3 Å². The smallest absolute Gasteiger partial charge is 0.184 e. The molecule has 0 amide bonds. The predicted molar refractivity (Wildman–Crippen MR) is 143 cm³/mol. The van der Waals surface area contributed by atoms with Gasteiger partial charge >= 0.3 is 0 Å². The van der Waals surface area contributed by atoms with E-state index in [1.807, 2.05) is 12.1 Å². The van der Waals surface area contributed by atoms with Crippen LogP contribution in [0.4, 0.5) is 5.69 Å². The Hall–Kier alpha value is -1.54. The third kappa shape index (κ3) is 5.99. The average molecular weight is 576 g/mol. The van der Waals surface area contributed by atoms with E-state index in [9.17, 15) is 0 Å². The summed E-state index contributed by atoms with van der Waals surface area (Å²) in [6.45, 7) is 11.2. The van der Waals surface area contributed by atoms with Crippen LogP contribution in [-0.2, 0) is 6.42 Å². The minimum absolute atomic E-state index is 0. The van der Waals surface area contributed by atoms with Gasteiger partial charge in [0.15, 0.2) is 23.0 Å². The van der Waals surface area contributed by atoms with Gasteiger partial charge in [-0.2, -0.15) is 0 Å². The fraction of sp³-hybridized carbons (Fsp3) is 0.520. The van der Waals surface area contributed by atoms with Crippen LogP contribution in [0.3, 0.4) is 0 Å². The highest BCUT2D eigenvalue weighted by Crippen LogP contribution is 2.44. The Morgan fingerprint density at radius 2 is 1.76 bits per heavy atom. The lowest BCUT2D eigenvalue weighted by atomic mass is 10.0. The molecule has 0 spiro atoms. The Morgan fingerprint density at radius 1 is 1.00 bits per heavy atom. The molecule has 3 aliphatic rings. The lowest BCUT2D eigenvalue weighted by Gasteiger charge is -2.37. The summed E-state index contributed by atoms with van der Waals surface area (Å²) in [5.41, 5.74) is 2.19. The number of ether oxygens (including phenoxy) is 4. The number of fused-ring (bicyclic) bond motifs is 2.